The van der Waals surface area contributed by atoms with Gasteiger partial charge in [0.05, 0.1) is 15.7 Å². The van der Waals surface area contributed by atoms with Crippen LogP contribution >= 0.6 is 0 Å². The summed E-state index contributed by atoms with van der Waals surface area (Å²) in [5, 5.41) is 22.6. The van der Waals surface area contributed by atoms with Crippen LogP contribution in [0.3, 0.4) is 0 Å². The van der Waals surface area contributed by atoms with Crippen LogP contribution in [0.5, 0.6) is 0 Å². The number of aliphatic hydroxyl groups is 1. The van der Waals surface area contributed by atoms with E-state index in [2.05, 4.69) is 5.32 Å². The first kappa shape index (κ1) is 14.7. The van der Waals surface area contributed by atoms with Crippen molar-refractivity contribution in [3.8, 4) is 0 Å². The second kappa shape index (κ2) is 7.20. The maximum Gasteiger partial charge on any atom is 0.285 e. The Morgan fingerprint density at radius 1 is 1.50 bits per heavy atom. The van der Waals surface area contributed by atoms with Crippen LogP contribution < -0.4 is 5.32 Å². The van der Waals surface area contributed by atoms with E-state index in [1.54, 1.807) is 19.2 Å². The van der Waals surface area contributed by atoms with Crippen LogP contribution in [0.1, 0.15) is 6.42 Å². The summed E-state index contributed by atoms with van der Waals surface area (Å²) in [7, 11) is 0.243. The number of para-hydroxylation sites is 1. The average Bonchev–Trinajstić information content (AvgIpc) is 2.38. The molecule has 6 nitrogen and oxygen atoms in total. The van der Waals surface area contributed by atoms with Crippen LogP contribution in [0.25, 0.3) is 0 Å². The minimum absolute atomic E-state index is 0.0143. The summed E-state index contributed by atoms with van der Waals surface area (Å²) >= 11 is 0. The molecule has 2 unspecified atom stereocenters. The molecule has 0 aliphatic rings. The van der Waals surface area contributed by atoms with Gasteiger partial charge in [-0.15, -0.1) is 0 Å². The van der Waals surface area contributed by atoms with Gasteiger partial charge in [0.25, 0.3) is 5.69 Å². The fourth-order valence-electron chi connectivity index (χ4n) is 1.54. The van der Waals surface area contributed by atoms with Gasteiger partial charge in [-0.1, -0.05) is 12.1 Å². The highest BCUT2D eigenvalue weighted by molar-refractivity contribution is 7.85. The van der Waals surface area contributed by atoms with Gasteiger partial charge in [-0.2, -0.15) is 0 Å². The number of benzene rings is 1. The molecule has 0 fully saturated rings. The van der Waals surface area contributed by atoms with Gasteiger partial charge in [0.1, 0.15) is 4.90 Å². The van der Waals surface area contributed by atoms with E-state index in [-0.39, 0.29) is 29.0 Å². The van der Waals surface area contributed by atoms with Crippen molar-refractivity contribution in [2.75, 3.05) is 19.4 Å². The number of nitro benzene ring substituents is 1. The molecule has 7 heteroatoms. The van der Waals surface area contributed by atoms with E-state index in [0.29, 0.717) is 6.42 Å². The van der Waals surface area contributed by atoms with Crippen molar-refractivity contribution >= 4 is 16.5 Å². The summed E-state index contributed by atoms with van der Waals surface area (Å²) in [6, 6.07) is 5.88. The van der Waals surface area contributed by atoms with Crippen LogP contribution in [-0.4, -0.2) is 39.7 Å². The molecule has 1 rings (SSSR count). The van der Waals surface area contributed by atoms with E-state index in [4.69, 9.17) is 5.11 Å². The second-order valence-corrected chi connectivity index (χ2v) is 5.20. The van der Waals surface area contributed by atoms with Gasteiger partial charge in [-0.25, -0.2) is 0 Å². The largest absolute Gasteiger partial charge is 0.396 e. The smallest absolute Gasteiger partial charge is 0.285 e. The van der Waals surface area contributed by atoms with Crippen molar-refractivity contribution in [3.05, 3.63) is 34.4 Å². The molecule has 0 aliphatic heterocycles. The topological polar surface area (TPSA) is 92.5 Å². The number of nitro groups is 1. The van der Waals surface area contributed by atoms with Crippen molar-refractivity contribution in [1.82, 2.24) is 5.32 Å². The number of hydrogen-bond acceptors (Lipinski definition) is 5. The Morgan fingerprint density at radius 3 is 2.72 bits per heavy atom. The van der Waals surface area contributed by atoms with Crippen LogP contribution in [0, 0.1) is 10.1 Å². The molecule has 18 heavy (non-hydrogen) atoms. The molecule has 0 heterocycles. The van der Waals surface area contributed by atoms with Crippen molar-refractivity contribution in [2.24, 2.45) is 0 Å². The lowest BCUT2D eigenvalue weighted by molar-refractivity contribution is -0.387. The van der Waals surface area contributed by atoms with Crippen molar-refractivity contribution in [1.29, 1.82) is 0 Å². The molecule has 0 aromatic heterocycles. The van der Waals surface area contributed by atoms with E-state index < -0.39 is 15.7 Å². The maximum atomic E-state index is 12.1. The molecule has 0 radical (unpaired) electrons. The second-order valence-electron chi connectivity index (χ2n) is 3.73. The van der Waals surface area contributed by atoms with E-state index in [0.717, 1.165) is 0 Å². The number of aliphatic hydroxyl groups excluding tert-OH is 1. The zero-order chi connectivity index (χ0) is 13.5. The normalized spacial score (nSPS) is 14.1. The molecule has 0 bridgehead atoms. The first-order valence-electron chi connectivity index (χ1n) is 5.50. The summed E-state index contributed by atoms with van der Waals surface area (Å²) in [6.07, 6.45) is 0.461. The van der Waals surface area contributed by atoms with E-state index in [1.807, 2.05) is 0 Å². The Labute approximate surface area is 108 Å². The molecular formula is C11H16N2O4S. The fourth-order valence-corrected chi connectivity index (χ4v) is 3.02. The average molecular weight is 272 g/mol. The lowest BCUT2D eigenvalue weighted by atomic mass is 10.2. The molecule has 0 saturated carbocycles. The van der Waals surface area contributed by atoms with Gasteiger partial charge in [-0.3, -0.25) is 14.3 Å². The Balaban J connectivity index is 2.87. The Bertz CT molecular complexity index is 439. The van der Waals surface area contributed by atoms with Gasteiger partial charge >= 0.3 is 0 Å². The molecule has 0 spiro atoms. The molecule has 100 valence electrons. The fraction of sp³-hybridized carbons (Fsp3) is 0.455. The molecule has 2 atom stereocenters. The van der Waals surface area contributed by atoms with Gasteiger partial charge < -0.3 is 10.4 Å². The van der Waals surface area contributed by atoms with Crippen LogP contribution in [0.15, 0.2) is 29.2 Å². The third-order valence-electron chi connectivity index (χ3n) is 2.55. The number of nitrogens with zero attached hydrogens (tertiary/aromatic N) is 1. The predicted octanol–water partition coefficient (Wildman–Crippen LogP) is 0.673. The summed E-state index contributed by atoms with van der Waals surface area (Å²) in [5.74, 6) is 0.238. The van der Waals surface area contributed by atoms with Gasteiger partial charge in [0, 0.05) is 24.5 Å². The van der Waals surface area contributed by atoms with Crippen LogP contribution in [-0.2, 0) is 10.8 Å². The Morgan fingerprint density at radius 2 is 2.17 bits per heavy atom. The monoisotopic (exact) mass is 272 g/mol. The third-order valence-corrected chi connectivity index (χ3v) is 4.09. The van der Waals surface area contributed by atoms with E-state index in [1.165, 1.54) is 12.1 Å². The molecule has 0 aliphatic carbocycles. The number of nitrogens with one attached hydrogen (secondary N) is 1. The minimum Gasteiger partial charge on any atom is -0.396 e. The molecule has 0 amide bonds. The summed E-state index contributed by atoms with van der Waals surface area (Å²) in [5.41, 5.74) is -0.130. The molecule has 2 N–H and O–H groups in total. The minimum atomic E-state index is -1.46. The SMILES string of the molecule is CNC(CCO)CS(=O)c1ccccc1[N+](=O)[O-]. The van der Waals surface area contributed by atoms with Crippen molar-refractivity contribution < 1.29 is 14.2 Å². The molecule has 1 aromatic rings. The van der Waals surface area contributed by atoms with E-state index >= 15 is 0 Å². The van der Waals surface area contributed by atoms with Crippen molar-refractivity contribution in [3.63, 3.8) is 0 Å². The number of rotatable bonds is 7. The predicted molar refractivity (Wildman–Crippen MR) is 68.9 cm³/mol. The van der Waals surface area contributed by atoms with Gasteiger partial charge in [0.2, 0.25) is 0 Å². The third kappa shape index (κ3) is 3.86. The Hall–Kier alpha value is -1.31. The van der Waals surface area contributed by atoms with Gasteiger partial charge in [-0.05, 0) is 19.5 Å². The Kier molecular flexibility index (Phi) is 5.90. The van der Waals surface area contributed by atoms with Crippen LogP contribution in [0.4, 0.5) is 5.69 Å². The summed E-state index contributed by atoms with van der Waals surface area (Å²) in [6.45, 7) is -0.0143. The quantitative estimate of drug-likeness (QED) is 0.562. The lowest BCUT2D eigenvalue weighted by Gasteiger charge is -2.14. The van der Waals surface area contributed by atoms with Crippen molar-refractivity contribution in [2.45, 2.75) is 17.4 Å². The number of hydrogen-bond donors (Lipinski definition) is 2. The van der Waals surface area contributed by atoms with E-state index in [9.17, 15) is 14.3 Å². The highest BCUT2D eigenvalue weighted by Crippen LogP contribution is 2.22. The standard InChI is InChI=1S/C11H16N2O4S/c1-12-9(6-7-14)8-18(17)11-5-3-2-4-10(11)13(15)16/h2-5,9,12,14H,6-8H2,1H3. The zero-order valence-corrected chi connectivity index (χ0v) is 10.9. The molecule has 0 saturated heterocycles. The first-order valence-corrected chi connectivity index (χ1v) is 6.82. The maximum absolute atomic E-state index is 12.1. The van der Waals surface area contributed by atoms with Gasteiger partial charge in [0.15, 0.2) is 0 Å². The summed E-state index contributed by atoms with van der Waals surface area (Å²) < 4.78 is 12.1. The highest BCUT2D eigenvalue weighted by atomic mass is 32.2. The summed E-state index contributed by atoms with van der Waals surface area (Å²) in [4.78, 5) is 10.5. The first-order chi connectivity index (χ1) is 8.60. The van der Waals surface area contributed by atoms with Crippen LogP contribution in [0.2, 0.25) is 0 Å². The zero-order valence-electron chi connectivity index (χ0n) is 10.0. The molecule has 1 aromatic carbocycles. The lowest BCUT2D eigenvalue weighted by Crippen LogP contribution is -2.32. The highest BCUT2D eigenvalue weighted by Gasteiger charge is 2.20. The molecular weight excluding hydrogens is 256 g/mol.